The summed E-state index contributed by atoms with van der Waals surface area (Å²) in [6, 6.07) is 12.3. The molecule has 0 bridgehead atoms. The van der Waals surface area contributed by atoms with Crippen molar-refractivity contribution in [1.29, 1.82) is 0 Å². The fraction of sp³-hybridized carbons (Fsp3) is 0.500. The van der Waals surface area contributed by atoms with E-state index >= 15 is 0 Å². The van der Waals surface area contributed by atoms with Crippen LogP contribution in [-0.2, 0) is 25.6 Å². The third kappa shape index (κ3) is 6.49. The van der Waals surface area contributed by atoms with Gasteiger partial charge in [0.25, 0.3) is 5.91 Å². The Labute approximate surface area is 213 Å². The fourth-order valence-electron chi connectivity index (χ4n) is 4.38. The lowest BCUT2D eigenvalue weighted by Crippen LogP contribution is -2.55. The highest BCUT2D eigenvalue weighted by Gasteiger charge is 2.41. The molecule has 0 aliphatic carbocycles. The first kappa shape index (κ1) is 27.3. The molecule has 1 fully saturated rings. The lowest BCUT2D eigenvalue weighted by Gasteiger charge is -2.29. The molecule has 2 aromatic rings. The lowest BCUT2D eigenvalue weighted by atomic mass is 9.84. The molecule has 3 rings (SSSR count). The van der Waals surface area contributed by atoms with Crippen LogP contribution in [0.25, 0.3) is 10.8 Å². The monoisotopic (exact) mass is 494 g/mol. The lowest BCUT2D eigenvalue weighted by molar-refractivity contribution is -0.151. The zero-order valence-electron chi connectivity index (χ0n) is 21.5. The average molecular weight is 495 g/mol. The van der Waals surface area contributed by atoms with Crippen molar-refractivity contribution in [3.05, 3.63) is 48.0 Å². The molecule has 194 valence electrons. The van der Waals surface area contributed by atoms with E-state index in [9.17, 15) is 19.2 Å². The summed E-state index contributed by atoms with van der Waals surface area (Å²) in [5.74, 6) is -1.83. The van der Waals surface area contributed by atoms with Gasteiger partial charge in [-0.15, -0.1) is 0 Å². The van der Waals surface area contributed by atoms with Gasteiger partial charge in [0.1, 0.15) is 12.1 Å². The third-order valence-corrected chi connectivity index (χ3v) is 7.08. The molecule has 8 heteroatoms. The van der Waals surface area contributed by atoms with Crippen LogP contribution in [0, 0.1) is 5.41 Å². The molecule has 0 saturated carbocycles. The molecule has 1 heterocycles. The summed E-state index contributed by atoms with van der Waals surface area (Å²) in [5.41, 5.74) is 5.67. The highest BCUT2D eigenvalue weighted by Crippen LogP contribution is 2.26. The molecule has 4 N–H and O–H groups in total. The fourth-order valence-corrected chi connectivity index (χ4v) is 4.38. The molecule has 0 aromatic heterocycles. The highest BCUT2D eigenvalue weighted by molar-refractivity contribution is 6.38. The predicted octanol–water partition coefficient (Wildman–Crippen LogP) is 2.33. The van der Waals surface area contributed by atoms with Crippen molar-refractivity contribution in [3.63, 3.8) is 0 Å². The van der Waals surface area contributed by atoms with Gasteiger partial charge in [-0.25, -0.2) is 0 Å². The average Bonchev–Trinajstić information content (AvgIpc) is 3.37. The number of likely N-dealkylation sites (tertiary alicyclic amines) is 1. The number of Topliss-reactive ketones (excluding diaryl/α,β-unsaturated/α-hetero) is 1. The summed E-state index contributed by atoms with van der Waals surface area (Å²) >= 11 is 0. The smallest absolute Gasteiger partial charge is 0.291 e. The number of benzene rings is 2. The Bertz CT molecular complexity index is 1110. The minimum atomic E-state index is -0.822. The van der Waals surface area contributed by atoms with E-state index < -0.39 is 35.1 Å². The molecule has 36 heavy (non-hydrogen) atoms. The van der Waals surface area contributed by atoms with Gasteiger partial charge in [-0.05, 0) is 48.6 Å². The maximum atomic E-state index is 13.3. The Morgan fingerprint density at radius 2 is 1.83 bits per heavy atom. The number of nitrogens with one attached hydrogen (secondary N) is 2. The van der Waals surface area contributed by atoms with E-state index in [0.29, 0.717) is 51.7 Å². The molecule has 1 aliphatic heterocycles. The summed E-state index contributed by atoms with van der Waals surface area (Å²) in [4.78, 5) is 53.5. The van der Waals surface area contributed by atoms with Crippen LogP contribution in [0.4, 0.5) is 0 Å². The molecule has 0 spiro atoms. The largest absolute Gasteiger partial charge is 0.354 e. The minimum Gasteiger partial charge on any atom is -0.354 e. The van der Waals surface area contributed by atoms with Crippen LogP contribution in [0.5, 0.6) is 0 Å². The van der Waals surface area contributed by atoms with Gasteiger partial charge in [-0.2, -0.15) is 0 Å². The van der Waals surface area contributed by atoms with Crippen molar-refractivity contribution in [2.75, 3.05) is 19.6 Å². The summed E-state index contributed by atoms with van der Waals surface area (Å²) in [7, 11) is 0. The van der Waals surface area contributed by atoms with Gasteiger partial charge < -0.3 is 21.3 Å². The molecule has 2 aromatic carbocycles. The molecule has 1 aliphatic rings. The number of carbonyl (C=O) groups is 4. The van der Waals surface area contributed by atoms with E-state index in [1.807, 2.05) is 49.4 Å². The van der Waals surface area contributed by atoms with Gasteiger partial charge in [-0.3, -0.25) is 19.2 Å². The van der Waals surface area contributed by atoms with Crippen molar-refractivity contribution >= 4 is 34.3 Å². The Kier molecular flexibility index (Phi) is 9.20. The Hall–Kier alpha value is -3.26. The van der Waals surface area contributed by atoms with Crippen LogP contribution in [0.3, 0.4) is 0 Å². The number of fused-ring (bicyclic) bond motifs is 1. The van der Waals surface area contributed by atoms with Crippen molar-refractivity contribution in [2.45, 2.75) is 65.0 Å². The van der Waals surface area contributed by atoms with E-state index in [0.717, 1.165) is 16.3 Å². The van der Waals surface area contributed by atoms with E-state index in [1.165, 1.54) is 4.90 Å². The van der Waals surface area contributed by atoms with Gasteiger partial charge in [0, 0.05) is 24.9 Å². The quantitative estimate of drug-likeness (QED) is 0.327. The summed E-state index contributed by atoms with van der Waals surface area (Å²) < 4.78 is 0. The van der Waals surface area contributed by atoms with Crippen LogP contribution < -0.4 is 16.4 Å². The number of nitrogens with zero attached hydrogens (tertiary/aromatic N) is 1. The van der Waals surface area contributed by atoms with Crippen molar-refractivity contribution < 1.29 is 19.2 Å². The standard InChI is InChI=1S/C28H38N4O4/c1-4-28(2,3)24(33)27(36)32-16-7-11-23(32)26(35)31-22(25(34)30-15-8-14-29)18-19-12-13-20-9-5-6-10-21(20)17-19/h5-6,9-10,12-13,17,22-23H,4,7-8,11,14-16,18,29H2,1-3H3,(H,30,34)(H,31,35). The second-order valence-corrected chi connectivity index (χ2v) is 10.1. The number of rotatable bonds is 11. The zero-order valence-corrected chi connectivity index (χ0v) is 21.5. The summed E-state index contributed by atoms with van der Waals surface area (Å²) in [6.07, 6.45) is 2.53. The van der Waals surface area contributed by atoms with Gasteiger partial charge in [0.05, 0.1) is 0 Å². The first-order valence-corrected chi connectivity index (χ1v) is 12.8. The maximum Gasteiger partial charge on any atom is 0.291 e. The number of carbonyl (C=O) groups excluding carboxylic acids is 4. The topological polar surface area (TPSA) is 122 Å². The van der Waals surface area contributed by atoms with Gasteiger partial charge in [0.2, 0.25) is 17.6 Å². The number of hydrogen-bond acceptors (Lipinski definition) is 5. The predicted molar refractivity (Wildman–Crippen MR) is 140 cm³/mol. The minimum absolute atomic E-state index is 0.299. The van der Waals surface area contributed by atoms with Crippen molar-refractivity contribution in [3.8, 4) is 0 Å². The highest BCUT2D eigenvalue weighted by atomic mass is 16.2. The molecule has 3 amide bonds. The van der Waals surface area contributed by atoms with E-state index in [2.05, 4.69) is 10.6 Å². The van der Waals surface area contributed by atoms with E-state index in [1.54, 1.807) is 13.8 Å². The number of hydrogen-bond donors (Lipinski definition) is 3. The van der Waals surface area contributed by atoms with Crippen LogP contribution in [-0.4, -0.2) is 60.1 Å². The van der Waals surface area contributed by atoms with Gasteiger partial charge >= 0.3 is 0 Å². The number of nitrogens with two attached hydrogens (primary N) is 1. The third-order valence-electron chi connectivity index (χ3n) is 7.08. The van der Waals surface area contributed by atoms with Gasteiger partial charge in [0.15, 0.2) is 0 Å². The summed E-state index contributed by atoms with van der Waals surface area (Å²) in [6.45, 7) is 6.55. The van der Waals surface area contributed by atoms with E-state index in [-0.39, 0.29) is 5.91 Å². The molecule has 2 unspecified atom stereocenters. The Morgan fingerprint density at radius 1 is 1.11 bits per heavy atom. The normalized spacial score (nSPS) is 16.6. The van der Waals surface area contributed by atoms with Crippen LogP contribution in [0.15, 0.2) is 42.5 Å². The van der Waals surface area contributed by atoms with Crippen molar-refractivity contribution in [1.82, 2.24) is 15.5 Å². The first-order valence-electron chi connectivity index (χ1n) is 12.8. The molecular weight excluding hydrogens is 456 g/mol. The van der Waals surface area contributed by atoms with Crippen LogP contribution >= 0.6 is 0 Å². The van der Waals surface area contributed by atoms with E-state index in [4.69, 9.17) is 5.73 Å². The van der Waals surface area contributed by atoms with Crippen molar-refractivity contribution in [2.24, 2.45) is 11.1 Å². The molecule has 8 nitrogen and oxygen atoms in total. The zero-order chi connectivity index (χ0) is 26.3. The van der Waals surface area contributed by atoms with Gasteiger partial charge in [-0.1, -0.05) is 63.2 Å². The molecule has 2 atom stereocenters. The van der Waals surface area contributed by atoms with Crippen LogP contribution in [0.2, 0.25) is 0 Å². The Balaban J connectivity index is 1.77. The molecular formula is C28H38N4O4. The van der Waals surface area contributed by atoms with Crippen LogP contribution in [0.1, 0.15) is 52.0 Å². The SMILES string of the molecule is CCC(C)(C)C(=O)C(=O)N1CCCC1C(=O)NC(Cc1ccc2ccccc2c1)C(=O)NCCCN. The Morgan fingerprint density at radius 3 is 2.53 bits per heavy atom. The second kappa shape index (κ2) is 12.1. The summed E-state index contributed by atoms with van der Waals surface area (Å²) in [5, 5.41) is 7.86. The molecule has 0 radical (unpaired) electrons. The number of ketones is 1. The second-order valence-electron chi connectivity index (χ2n) is 10.1. The first-order chi connectivity index (χ1) is 17.2. The molecule has 1 saturated heterocycles. The number of amides is 3. The maximum absolute atomic E-state index is 13.3.